The van der Waals surface area contributed by atoms with Crippen LogP contribution < -0.4 is 5.32 Å². The minimum absolute atomic E-state index is 0.0858. The van der Waals surface area contributed by atoms with Crippen LogP contribution in [0.3, 0.4) is 0 Å². The van der Waals surface area contributed by atoms with Crippen molar-refractivity contribution in [2.45, 2.75) is 32.2 Å². The molecule has 3 rings (SSSR count). The molecule has 1 atom stereocenters. The van der Waals surface area contributed by atoms with Gasteiger partial charge in [0.05, 0.1) is 0 Å². The monoisotopic (exact) mass is 323 g/mol. The Morgan fingerprint density at radius 2 is 1.96 bits per heavy atom. The number of piperidine rings is 1. The molecule has 0 aliphatic carbocycles. The molecule has 1 aromatic heterocycles. The second-order valence-electron chi connectivity index (χ2n) is 6.34. The first-order chi connectivity index (χ1) is 11.8. The van der Waals surface area contributed by atoms with Crippen LogP contribution in [0.1, 0.15) is 47.2 Å². The molecule has 1 unspecified atom stereocenters. The zero-order chi connectivity index (χ0) is 16.8. The number of rotatable bonds is 5. The molecule has 2 aromatic rings. The van der Waals surface area contributed by atoms with Crippen LogP contribution in [0.15, 0.2) is 48.8 Å². The van der Waals surface area contributed by atoms with Crippen LogP contribution in [-0.2, 0) is 6.54 Å². The SMILES string of the molecule is CCN(Cc1ccncc1)C(=O)c1ccc(C2CCCNC2)cc1. The van der Waals surface area contributed by atoms with E-state index in [1.807, 2.05) is 36.1 Å². The Hall–Kier alpha value is -2.20. The van der Waals surface area contributed by atoms with Crippen LogP contribution in [0.25, 0.3) is 0 Å². The molecule has 1 N–H and O–H groups in total. The fourth-order valence-electron chi connectivity index (χ4n) is 3.25. The molecule has 1 aliphatic heterocycles. The Morgan fingerprint density at radius 1 is 1.21 bits per heavy atom. The summed E-state index contributed by atoms with van der Waals surface area (Å²) in [6.07, 6.45) is 5.98. The fraction of sp³-hybridized carbons (Fsp3) is 0.400. The molecule has 1 amide bonds. The number of nitrogens with zero attached hydrogens (tertiary/aromatic N) is 2. The summed E-state index contributed by atoms with van der Waals surface area (Å²) in [6, 6.07) is 12.1. The van der Waals surface area contributed by atoms with E-state index in [9.17, 15) is 4.79 Å². The Morgan fingerprint density at radius 3 is 2.58 bits per heavy atom. The Bertz CT molecular complexity index is 648. The van der Waals surface area contributed by atoms with Gasteiger partial charge in [-0.25, -0.2) is 0 Å². The van der Waals surface area contributed by atoms with Gasteiger partial charge in [0.25, 0.3) is 5.91 Å². The summed E-state index contributed by atoms with van der Waals surface area (Å²) in [5, 5.41) is 3.45. The number of hydrogen-bond donors (Lipinski definition) is 1. The Kier molecular flexibility index (Phi) is 5.59. The van der Waals surface area contributed by atoms with Crippen molar-refractivity contribution in [1.82, 2.24) is 15.2 Å². The molecule has 2 heterocycles. The smallest absolute Gasteiger partial charge is 0.254 e. The van der Waals surface area contributed by atoms with Gasteiger partial charge >= 0.3 is 0 Å². The van der Waals surface area contributed by atoms with E-state index in [-0.39, 0.29) is 5.91 Å². The van der Waals surface area contributed by atoms with Gasteiger partial charge in [-0.1, -0.05) is 12.1 Å². The highest BCUT2D eigenvalue weighted by Crippen LogP contribution is 2.23. The predicted molar refractivity (Wildman–Crippen MR) is 95.9 cm³/mol. The maximum absolute atomic E-state index is 12.8. The van der Waals surface area contributed by atoms with E-state index in [4.69, 9.17) is 0 Å². The van der Waals surface area contributed by atoms with Crippen LogP contribution in [0.5, 0.6) is 0 Å². The highest BCUT2D eigenvalue weighted by atomic mass is 16.2. The molecule has 4 nitrogen and oxygen atoms in total. The zero-order valence-corrected chi connectivity index (χ0v) is 14.2. The molecule has 4 heteroatoms. The number of amides is 1. The summed E-state index contributed by atoms with van der Waals surface area (Å²) < 4.78 is 0. The molecule has 0 radical (unpaired) electrons. The molecule has 126 valence electrons. The van der Waals surface area contributed by atoms with Crippen molar-refractivity contribution in [1.29, 1.82) is 0 Å². The molecule has 1 aliphatic rings. The summed E-state index contributed by atoms with van der Waals surface area (Å²) in [5.41, 5.74) is 3.19. The van der Waals surface area contributed by atoms with Crippen LogP contribution >= 0.6 is 0 Å². The maximum Gasteiger partial charge on any atom is 0.254 e. The minimum atomic E-state index is 0.0858. The van der Waals surface area contributed by atoms with E-state index in [2.05, 4.69) is 22.4 Å². The first-order valence-electron chi connectivity index (χ1n) is 8.76. The average Bonchev–Trinajstić information content (AvgIpc) is 2.67. The van der Waals surface area contributed by atoms with E-state index in [1.54, 1.807) is 12.4 Å². The van der Waals surface area contributed by atoms with Crippen molar-refractivity contribution < 1.29 is 4.79 Å². The lowest BCUT2D eigenvalue weighted by atomic mass is 9.91. The molecule has 1 saturated heterocycles. The van der Waals surface area contributed by atoms with Crippen molar-refractivity contribution in [3.8, 4) is 0 Å². The third kappa shape index (κ3) is 4.01. The third-order valence-electron chi connectivity index (χ3n) is 4.72. The van der Waals surface area contributed by atoms with Gasteiger partial charge < -0.3 is 10.2 Å². The van der Waals surface area contributed by atoms with Crippen molar-refractivity contribution >= 4 is 5.91 Å². The number of nitrogens with one attached hydrogen (secondary N) is 1. The predicted octanol–water partition coefficient (Wildman–Crippen LogP) is 3.21. The Labute approximate surface area is 143 Å². The van der Waals surface area contributed by atoms with Crippen LogP contribution in [0.2, 0.25) is 0 Å². The number of carbonyl (C=O) groups excluding carboxylic acids is 1. The number of aromatic nitrogens is 1. The van der Waals surface area contributed by atoms with Gasteiger partial charge in [0, 0.05) is 37.6 Å². The summed E-state index contributed by atoms with van der Waals surface area (Å²) >= 11 is 0. The average molecular weight is 323 g/mol. The van der Waals surface area contributed by atoms with Gasteiger partial charge in [0.2, 0.25) is 0 Å². The number of pyridine rings is 1. The van der Waals surface area contributed by atoms with E-state index < -0.39 is 0 Å². The van der Waals surface area contributed by atoms with E-state index in [0.29, 0.717) is 19.0 Å². The van der Waals surface area contributed by atoms with E-state index in [1.165, 1.54) is 18.4 Å². The second-order valence-corrected chi connectivity index (χ2v) is 6.34. The lowest BCUT2D eigenvalue weighted by Gasteiger charge is -2.24. The topological polar surface area (TPSA) is 45.2 Å². The summed E-state index contributed by atoms with van der Waals surface area (Å²) in [5.74, 6) is 0.657. The molecule has 1 aromatic carbocycles. The highest BCUT2D eigenvalue weighted by molar-refractivity contribution is 5.94. The minimum Gasteiger partial charge on any atom is -0.335 e. The number of carbonyl (C=O) groups is 1. The maximum atomic E-state index is 12.8. The van der Waals surface area contributed by atoms with Gasteiger partial charge in [0.1, 0.15) is 0 Å². The van der Waals surface area contributed by atoms with Crippen LogP contribution in [0, 0.1) is 0 Å². The molecule has 0 saturated carbocycles. The Balaban J connectivity index is 1.68. The summed E-state index contributed by atoms with van der Waals surface area (Å²) in [6.45, 7) is 5.48. The van der Waals surface area contributed by atoms with Crippen molar-refractivity contribution in [3.63, 3.8) is 0 Å². The third-order valence-corrected chi connectivity index (χ3v) is 4.72. The zero-order valence-electron chi connectivity index (χ0n) is 14.2. The van der Waals surface area contributed by atoms with Crippen molar-refractivity contribution in [2.75, 3.05) is 19.6 Å². The largest absolute Gasteiger partial charge is 0.335 e. The standard InChI is InChI=1S/C20H25N3O/c1-2-23(15-16-9-12-21-13-10-16)20(24)18-7-5-17(6-8-18)19-4-3-11-22-14-19/h5-10,12-13,19,22H,2-4,11,14-15H2,1H3. The van der Waals surface area contributed by atoms with Gasteiger partial charge in [-0.15, -0.1) is 0 Å². The fourth-order valence-corrected chi connectivity index (χ4v) is 3.25. The van der Waals surface area contributed by atoms with Gasteiger partial charge in [-0.3, -0.25) is 9.78 Å². The summed E-state index contributed by atoms with van der Waals surface area (Å²) in [7, 11) is 0. The summed E-state index contributed by atoms with van der Waals surface area (Å²) in [4.78, 5) is 18.7. The van der Waals surface area contributed by atoms with Crippen LogP contribution in [-0.4, -0.2) is 35.4 Å². The number of hydrogen-bond acceptors (Lipinski definition) is 3. The van der Waals surface area contributed by atoms with Gasteiger partial charge in [-0.2, -0.15) is 0 Å². The quantitative estimate of drug-likeness (QED) is 0.919. The van der Waals surface area contributed by atoms with Crippen LogP contribution in [0.4, 0.5) is 0 Å². The normalized spacial score (nSPS) is 17.5. The lowest BCUT2D eigenvalue weighted by Crippen LogP contribution is -2.30. The molecule has 0 bridgehead atoms. The van der Waals surface area contributed by atoms with Gasteiger partial charge in [0.15, 0.2) is 0 Å². The number of benzene rings is 1. The molecule has 1 fully saturated rings. The van der Waals surface area contributed by atoms with Crippen molar-refractivity contribution in [3.05, 3.63) is 65.5 Å². The molecule has 24 heavy (non-hydrogen) atoms. The van der Waals surface area contributed by atoms with E-state index in [0.717, 1.165) is 24.2 Å². The second kappa shape index (κ2) is 8.06. The van der Waals surface area contributed by atoms with E-state index >= 15 is 0 Å². The van der Waals surface area contributed by atoms with Gasteiger partial charge in [-0.05, 0) is 67.6 Å². The molecular weight excluding hydrogens is 298 g/mol. The molecule has 0 spiro atoms. The lowest BCUT2D eigenvalue weighted by molar-refractivity contribution is 0.0752. The first kappa shape index (κ1) is 16.7. The first-order valence-corrected chi connectivity index (χ1v) is 8.76. The molecular formula is C20H25N3O. The highest BCUT2D eigenvalue weighted by Gasteiger charge is 2.17. The van der Waals surface area contributed by atoms with Crippen molar-refractivity contribution in [2.24, 2.45) is 0 Å².